The van der Waals surface area contributed by atoms with Gasteiger partial charge >= 0.3 is 5.82 Å². The molecule has 1 atom stereocenters. The third-order valence-corrected chi connectivity index (χ3v) is 5.10. The minimum Gasteiger partial charge on any atom is -0.504 e. The molecule has 2 heterocycles. The minimum atomic E-state index is -0.402. The summed E-state index contributed by atoms with van der Waals surface area (Å²) in [4.78, 5) is 13.9. The molecule has 3 N–H and O–H groups in total. The van der Waals surface area contributed by atoms with Crippen LogP contribution < -0.4 is 15.5 Å². The van der Waals surface area contributed by atoms with Gasteiger partial charge in [0.05, 0.1) is 11.6 Å². The van der Waals surface area contributed by atoms with Crippen LogP contribution in [0.3, 0.4) is 0 Å². The summed E-state index contributed by atoms with van der Waals surface area (Å²) >= 11 is 3.27. The van der Waals surface area contributed by atoms with Gasteiger partial charge in [-0.3, -0.25) is 10.1 Å². The smallest absolute Gasteiger partial charge is 0.324 e. The lowest BCUT2D eigenvalue weighted by Crippen LogP contribution is -2.27. The Hall–Kier alpha value is -3.21. The van der Waals surface area contributed by atoms with Gasteiger partial charge in [-0.2, -0.15) is 0 Å². The number of halogens is 1. The van der Waals surface area contributed by atoms with E-state index in [0.717, 1.165) is 5.76 Å². The largest absolute Gasteiger partial charge is 0.504 e. The van der Waals surface area contributed by atoms with E-state index in [2.05, 4.69) is 31.7 Å². The van der Waals surface area contributed by atoms with Crippen molar-refractivity contribution in [3.8, 4) is 5.75 Å². The monoisotopic (exact) mass is 479 g/mol. The van der Waals surface area contributed by atoms with Crippen LogP contribution >= 0.6 is 15.9 Å². The molecule has 3 rings (SSSR count). The summed E-state index contributed by atoms with van der Waals surface area (Å²) in [7, 11) is 3.15. The van der Waals surface area contributed by atoms with Gasteiger partial charge in [-0.15, -0.1) is 0 Å². The standard InChI is InChI=1S/C19H22BrN5O5/c1-5-12(14-9-6-10(2)29-14)21-17-18(25(28)30-23-17)22-13-8-7-11(20)15(16(13)26)19(27)24(3)4/h6-9,12,22,26H,5H2,1-4H3,(H,21,23)/t12-/m1/s1. The van der Waals surface area contributed by atoms with Gasteiger partial charge in [-0.1, -0.05) is 11.8 Å². The van der Waals surface area contributed by atoms with Crippen molar-refractivity contribution >= 4 is 39.2 Å². The first-order valence-corrected chi connectivity index (χ1v) is 9.95. The average molecular weight is 480 g/mol. The second-order valence-electron chi connectivity index (χ2n) is 6.82. The highest BCUT2D eigenvalue weighted by Crippen LogP contribution is 2.37. The Balaban J connectivity index is 1.93. The van der Waals surface area contributed by atoms with Crippen molar-refractivity contribution in [3.63, 3.8) is 0 Å². The van der Waals surface area contributed by atoms with E-state index >= 15 is 0 Å². The Kier molecular flexibility index (Phi) is 6.20. The zero-order valence-corrected chi connectivity index (χ0v) is 18.5. The van der Waals surface area contributed by atoms with Crippen molar-refractivity contribution in [2.24, 2.45) is 0 Å². The first-order chi connectivity index (χ1) is 14.2. The van der Waals surface area contributed by atoms with Crippen LogP contribution in [-0.4, -0.2) is 35.2 Å². The van der Waals surface area contributed by atoms with E-state index in [9.17, 15) is 15.1 Å². The summed E-state index contributed by atoms with van der Waals surface area (Å²) in [6.07, 6.45) is 0.656. The van der Waals surface area contributed by atoms with Crippen molar-refractivity contribution in [1.82, 2.24) is 10.1 Å². The molecular weight excluding hydrogens is 458 g/mol. The fraction of sp³-hybridized carbons (Fsp3) is 0.316. The second-order valence-corrected chi connectivity index (χ2v) is 7.68. The number of aromatic hydroxyl groups is 1. The van der Waals surface area contributed by atoms with E-state index < -0.39 is 5.91 Å². The van der Waals surface area contributed by atoms with E-state index in [1.807, 2.05) is 26.0 Å². The molecule has 0 bridgehead atoms. The fourth-order valence-electron chi connectivity index (χ4n) is 2.85. The molecular formula is C19H22BrN5O5. The molecule has 1 amide bonds. The summed E-state index contributed by atoms with van der Waals surface area (Å²) in [6, 6.07) is 6.55. The Labute approximate surface area is 181 Å². The molecule has 0 aliphatic heterocycles. The highest BCUT2D eigenvalue weighted by Gasteiger charge is 2.27. The first-order valence-electron chi connectivity index (χ1n) is 9.15. The minimum absolute atomic E-state index is 0.0610. The van der Waals surface area contributed by atoms with Crippen molar-refractivity contribution < 1.29 is 23.9 Å². The van der Waals surface area contributed by atoms with Crippen molar-refractivity contribution in [2.75, 3.05) is 24.7 Å². The summed E-state index contributed by atoms with van der Waals surface area (Å²) in [5.41, 5.74) is 0.201. The van der Waals surface area contributed by atoms with Crippen LogP contribution in [-0.2, 0) is 0 Å². The van der Waals surface area contributed by atoms with Gasteiger partial charge in [0.15, 0.2) is 5.75 Å². The number of phenols is 1. The number of carbonyl (C=O) groups excluding carboxylic acids is 1. The SMILES string of the molecule is CC[C@@H](Nc1no[n+]([O-])c1Nc1ccc(Br)c(C(=O)N(C)C)c1O)c1ccc(C)o1. The van der Waals surface area contributed by atoms with Crippen molar-refractivity contribution in [1.29, 1.82) is 0 Å². The average Bonchev–Trinajstić information content (AvgIpc) is 3.28. The summed E-state index contributed by atoms with van der Waals surface area (Å²) in [6.45, 7) is 3.79. The predicted octanol–water partition coefficient (Wildman–Crippen LogP) is 3.69. The summed E-state index contributed by atoms with van der Waals surface area (Å²) in [5.74, 6) is 0.795. The number of hydrogen-bond acceptors (Lipinski definition) is 8. The molecule has 0 saturated heterocycles. The van der Waals surface area contributed by atoms with Crippen LogP contribution in [0, 0.1) is 12.1 Å². The maximum absolute atomic E-state index is 12.4. The van der Waals surface area contributed by atoms with Crippen LogP contribution in [0.2, 0.25) is 0 Å². The third-order valence-electron chi connectivity index (χ3n) is 4.44. The molecule has 2 aromatic heterocycles. The van der Waals surface area contributed by atoms with E-state index in [4.69, 9.17) is 9.05 Å². The van der Waals surface area contributed by atoms with Crippen LogP contribution in [0.5, 0.6) is 5.75 Å². The van der Waals surface area contributed by atoms with Crippen molar-refractivity contribution in [2.45, 2.75) is 26.3 Å². The molecule has 0 saturated carbocycles. The maximum atomic E-state index is 12.4. The van der Waals surface area contributed by atoms with E-state index in [0.29, 0.717) is 16.7 Å². The van der Waals surface area contributed by atoms with Gasteiger partial charge in [0.25, 0.3) is 11.7 Å². The highest BCUT2D eigenvalue weighted by molar-refractivity contribution is 9.10. The van der Waals surface area contributed by atoms with Gasteiger partial charge in [-0.05, 0) is 58.7 Å². The summed E-state index contributed by atoms with van der Waals surface area (Å²) in [5, 5.41) is 32.5. The molecule has 3 aromatic rings. The van der Waals surface area contributed by atoms with Crippen molar-refractivity contribution in [3.05, 3.63) is 51.0 Å². The predicted molar refractivity (Wildman–Crippen MR) is 113 cm³/mol. The van der Waals surface area contributed by atoms with Crippen LogP contribution in [0.1, 0.15) is 41.3 Å². The summed E-state index contributed by atoms with van der Waals surface area (Å²) < 4.78 is 10.8. The molecule has 0 aliphatic rings. The number of aryl methyl sites for hydroxylation is 1. The Morgan fingerprint density at radius 1 is 1.37 bits per heavy atom. The number of furan rings is 1. The number of hydrogen-bond donors (Lipinski definition) is 3. The highest BCUT2D eigenvalue weighted by atomic mass is 79.9. The lowest BCUT2D eigenvalue weighted by molar-refractivity contribution is -0.790. The van der Waals surface area contributed by atoms with Gasteiger partial charge in [-0.25, -0.2) is 0 Å². The number of anilines is 3. The quantitative estimate of drug-likeness (QED) is 0.345. The lowest BCUT2D eigenvalue weighted by atomic mass is 10.1. The number of aromatic nitrogens is 2. The Bertz CT molecular complexity index is 1060. The Morgan fingerprint density at radius 2 is 2.10 bits per heavy atom. The molecule has 0 radical (unpaired) electrons. The van der Waals surface area contributed by atoms with E-state index in [-0.39, 0.29) is 39.6 Å². The zero-order chi connectivity index (χ0) is 22.0. The molecule has 0 unspecified atom stereocenters. The fourth-order valence-corrected chi connectivity index (χ4v) is 3.34. The normalized spacial score (nSPS) is 11.9. The molecule has 1 aromatic carbocycles. The molecule has 10 nitrogen and oxygen atoms in total. The topological polar surface area (TPSA) is 131 Å². The second kappa shape index (κ2) is 8.66. The Morgan fingerprint density at radius 3 is 2.70 bits per heavy atom. The zero-order valence-electron chi connectivity index (χ0n) is 16.9. The van der Waals surface area contributed by atoms with Crippen LogP contribution in [0.4, 0.5) is 17.3 Å². The number of nitrogens with zero attached hydrogens (tertiary/aromatic N) is 3. The molecule has 11 heteroatoms. The van der Waals surface area contributed by atoms with Crippen LogP contribution in [0.25, 0.3) is 0 Å². The van der Waals surface area contributed by atoms with Gasteiger partial charge in [0.1, 0.15) is 17.2 Å². The van der Waals surface area contributed by atoms with Gasteiger partial charge < -0.3 is 29.6 Å². The van der Waals surface area contributed by atoms with Gasteiger partial charge in [0, 0.05) is 18.6 Å². The van der Waals surface area contributed by atoms with Gasteiger partial charge in [0.2, 0.25) is 0 Å². The maximum Gasteiger partial charge on any atom is 0.324 e. The van der Waals surface area contributed by atoms with E-state index in [1.165, 1.54) is 11.0 Å². The molecule has 160 valence electrons. The molecule has 0 spiro atoms. The number of benzene rings is 1. The molecule has 0 fully saturated rings. The number of phenolic OH excluding ortho intramolecular Hbond substituents is 1. The third kappa shape index (κ3) is 4.20. The number of amides is 1. The number of nitrogens with one attached hydrogen (secondary N) is 2. The number of rotatable bonds is 7. The molecule has 30 heavy (non-hydrogen) atoms. The van der Waals surface area contributed by atoms with E-state index in [1.54, 1.807) is 20.2 Å². The van der Waals surface area contributed by atoms with Crippen LogP contribution in [0.15, 0.2) is 37.8 Å². The number of carbonyl (C=O) groups is 1. The lowest BCUT2D eigenvalue weighted by Gasteiger charge is -2.15. The molecule has 0 aliphatic carbocycles. The first kappa shape index (κ1) is 21.5.